The summed E-state index contributed by atoms with van der Waals surface area (Å²) in [6.07, 6.45) is 7.65. The Labute approximate surface area is 66.8 Å². The smallest absolute Gasteiger partial charge is 0.0673 e. The van der Waals surface area contributed by atoms with Crippen LogP contribution in [0.4, 0.5) is 0 Å². The molecular formula is C9H12N2. The molecule has 0 radical (unpaired) electrons. The van der Waals surface area contributed by atoms with Crippen LogP contribution >= 0.6 is 0 Å². The third-order valence-electron chi connectivity index (χ3n) is 1.55. The second-order valence-electron chi connectivity index (χ2n) is 2.31. The number of hydrogen-bond acceptors (Lipinski definition) is 1. The van der Waals surface area contributed by atoms with Gasteiger partial charge in [0.05, 0.1) is 11.9 Å². The van der Waals surface area contributed by atoms with E-state index < -0.39 is 0 Å². The maximum Gasteiger partial charge on any atom is 0.0673 e. The van der Waals surface area contributed by atoms with Gasteiger partial charge in [0.25, 0.3) is 0 Å². The molecule has 0 aliphatic carbocycles. The highest BCUT2D eigenvalue weighted by atomic mass is 15.3. The van der Waals surface area contributed by atoms with Crippen molar-refractivity contribution in [2.75, 3.05) is 0 Å². The average Bonchev–Trinajstić information content (AvgIpc) is 2.33. The zero-order valence-corrected chi connectivity index (χ0v) is 6.91. The van der Waals surface area contributed by atoms with E-state index in [0.29, 0.717) is 0 Å². The van der Waals surface area contributed by atoms with Crippen molar-refractivity contribution < 1.29 is 0 Å². The van der Waals surface area contributed by atoms with Crippen molar-refractivity contribution in [3.63, 3.8) is 0 Å². The molecule has 1 aromatic rings. The van der Waals surface area contributed by atoms with E-state index in [2.05, 4.69) is 11.7 Å². The van der Waals surface area contributed by atoms with Gasteiger partial charge in [0.15, 0.2) is 0 Å². The van der Waals surface area contributed by atoms with E-state index in [-0.39, 0.29) is 0 Å². The molecule has 0 N–H and O–H groups in total. The first-order valence-electron chi connectivity index (χ1n) is 3.56. The first-order chi connectivity index (χ1) is 5.29. The van der Waals surface area contributed by atoms with E-state index in [0.717, 1.165) is 11.3 Å². The van der Waals surface area contributed by atoms with Gasteiger partial charge in [-0.1, -0.05) is 18.7 Å². The molecule has 0 amide bonds. The van der Waals surface area contributed by atoms with Crippen LogP contribution in [0.2, 0.25) is 0 Å². The normalized spacial score (nSPS) is 10.7. The van der Waals surface area contributed by atoms with Gasteiger partial charge in [-0.15, -0.1) is 0 Å². The van der Waals surface area contributed by atoms with Gasteiger partial charge >= 0.3 is 0 Å². The maximum absolute atomic E-state index is 4.10. The second kappa shape index (κ2) is 3.19. The quantitative estimate of drug-likeness (QED) is 0.628. The molecule has 11 heavy (non-hydrogen) atoms. The van der Waals surface area contributed by atoms with E-state index >= 15 is 0 Å². The van der Waals surface area contributed by atoms with E-state index in [1.54, 1.807) is 0 Å². The lowest BCUT2D eigenvalue weighted by Gasteiger charge is -1.94. The number of aryl methyl sites for hydroxylation is 1. The molecular weight excluding hydrogens is 136 g/mol. The molecule has 0 fully saturated rings. The van der Waals surface area contributed by atoms with Gasteiger partial charge < -0.3 is 0 Å². The largest absolute Gasteiger partial charge is 0.268 e. The van der Waals surface area contributed by atoms with Gasteiger partial charge in [-0.05, 0) is 13.0 Å². The Hall–Kier alpha value is -1.31. The van der Waals surface area contributed by atoms with Crippen molar-refractivity contribution in [3.05, 3.63) is 30.1 Å². The van der Waals surface area contributed by atoms with Crippen molar-refractivity contribution in [1.82, 2.24) is 9.78 Å². The summed E-state index contributed by atoms with van der Waals surface area (Å²) in [6, 6.07) is 0. The average molecular weight is 148 g/mol. The molecule has 0 spiro atoms. The number of hydrogen-bond donors (Lipinski definition) is 0. The van der Waals surface area contributed by atoms with E-state index in [1.807, 2.05) is 43.1 Å². The van der Waals surface area contributed by atoms with Crippen LogP contribution in [-0.4, -0.2) is 9.78 Å². The van der Waals surface area contributed by atoms with Gasteiger partial charge in [-0.2, -0.15) is 5.10 Å². The first-order valence-corrected chi connectivity index (χ1v) is 3.56. The zero-order valence-electron chi connectivity index (χ0n) is 6.91. The molecule has 0 saturated heterocycles. The van der Waals surface area contributed by atoms with Crippen LogP contribution in [0.25, 0.3) is 12.2 Å². The number of nitrogens with zero attached hydrogens (tertiary/aromatic N) is 2. The lowest BCUT2D eigenvalue weighted by molar-refractivity contribution is 0.759. The van der Waals surface area contributed by atoms with Crippen LogP contribution in [0.15, 0.2) is 18.9 Å². The van der Waals surface area contributed by atoms with Gasteiger partial charge in [0.2, 0.25) is 0 Å². The molecule has 2 nitrogen and oxygen atoms in total. The van der Waals surface area contributed by atoms with Gasteiger partial charge in [-0.3, -0.25) is 4.68 Å². The van der Waals surface area contributed by atoms with Crippen LogP contribution in [0, 0.1) is 0 Å². The fraction of sp³-hybridized carbons (Fsp3) is 0.222. The molecule has 0 saturated carbocycles. The Morgan fingerprint density at radius 1 is 1.64 bits per heavy atom. The molecule has 1 rings (SSSR count). The minimum absolute atomic E-state index is 1.06. The van der Waals surface area contributed by atoms with Crippen molar-refractivity contribution in [2.24, 2.45) is 7.05 Å². The van der Waals surface area contributed by atoms with E-state index in [9.17, 15) is 0 Å². The fourth-order valence-electron chi connectivity index (χ4n) is 1.02. The highest BCUT2D eigenvalue weighted by Gasteiger charge is 1.99. The summed E-state index contributed by atoms with van der Waals surface area (Å²) in [4.78, 5) is 0. The SMILES string of the molecule is C=Cc1c(/C=C\C)cnn1C. The summed E-state index contributed by atoms with van der Waals surface area (Å²) in [6.45, 7) is 5.70. The fourth-order valence-corrected chi connectivity index (χ4v) is 1.02. The summed E-state index contributed by atoms with van der Waals surface area (Å²) < 4.78 is 1.81. The monoisotopic (exact) mass is 148 g/mol. The minimum atomic E-state index is 1.06. The standard InChI is InChI=1S/C9H12N2/c1-4-6-8-7-10-11(3)9(8)5-2/h4-7H,2H2,1,3H3/b6-4-. The van der Waals surface area contributed by atoms with Gasteiger partial charge in [-0.25, -0.2) is 0 Å². The number of rotatable bonds is 2. The highest BCUT2D eigenvalue weighted by molar-refractivity contribution is 5.60. The molecule has 1 heterocycles. The summed E-state index contributed by atoms with van der Waals surface area (Å²) >= 11 is 0. The van der Waals surface area contributed by atoms with Crippen LogP contribution in [0.3, 0.4) is 0 Å². The minimum Gasteiger partial charge on any atom is -0.268 e. The Kier molecular flexibility index (Phi) is 2.26. The van der Waals surface area contributed by atoms with E-state index in [4.69, 9.17) is 0 Å². The molecule has 0 bridgehead atoms. The van der Waals surface area contributed by atoms with E-state index in [1.165, 1.54) is 0 Å². The Morgan fingerprint density at radius 2 is 2.36 bits per heavy atom. The third kappa shape index (κ3) is 1.40. The summed E-state index contributed by atoms with van der Waals surface area (Å²) in [5.41, 5.74) is 2.17. The van der Waals surface area contributed by atoms with Crippen molar-refractivity contribution >= 4 is 12.2 Å². The van der Waals surface area contributed by atoms with Crippen molar-refractivity contribution in [2.45, 2.75) is 6.92 Å². The molecule has 2 heteroatoms. The molecule has 0 aromatic carbocycles. The van der Waals surface area contributed by atoms with Crippen LogP contribution in [0.1, 0.15) is 18.2 Å². The van der Waals surface area contributed by atoms with Crippen molar-refractivity contribution in [3.8, 4) is 0 Å². The molecule has 0 aliphatic rings. The zero-order chi connectivity index (χ0) is 8.27. The summed E-state index contributed by atoms with van der Waals surface area (Å²) in [5.74, 6) is 0. The number of aromatic nitrogens is 2. The lowest BCUT2D eigenvalue weighted by Crippen LogP contribution is -1.92. The predicted molar refractivity (Wildman–Crippen MR) is 48.0 cm³/mol. The van der Waals surface area contributed by atoms with Crippen LogP contribution in [-0.2, 0) is 7.05 Å². The highest BCUT2D eigenvalue weighted by Crippen LogP contribution is 2.09. The maximum atomic E-state index is 4.10. The summed E-state index contributed by atoms with van der Waals surface area (Å²) in [7, 11) is 1.91. The lowest BCUT2D eigenvalue weighted by atomic mass is 10.2. The first kappa shape index (κ1) is 7.79. The summed E-state index contributed by atoms with van der Waals surface area (Å²) in [5, 5.41) is 4.10. The molecule has 58 valence electrons. The molecule has 1 aromatic heterocycles. The third-order valence-corrected chi connectivity index (χ3v) is 1.55. The predicted octanol–water partition coefficient (Wildman–Crippen LogP) is 2.10. The molecule has 0 unspecified atom stereocenters. The van der Waals surface area contributed by atoms with Crippen LogP contribution < -0.4 is 0 Å². The Morgan fingerprint density at radius 3 is 2.91 bits per heavy atom. The van der Waals surface area contributed by atoms with Crippen LogP contribution in [0.5, 0.6) is 0 Å². The molecule has 0 aliphatic heterocycles. The van der Waals surface area contributed by atoms with Gasteiger partial charge in [0, 0.05) is 12.6 Å². The van der Waals surface area contributed by atoms with Crippen molar-refractivity contribution in [1.29, 1.82) is 0 Å². The Bertz CT molecular complexity index is 282. The topological polar surface area (TPSA) is 17.8 Å². The number of allylic oxidation sites excluding steroid dienone is 1. The van der Waals surface area contributed by atoms with Gasteiger partial charge in [0.1, 0.15) is 0 Å². The second-order valence-corrected chi connectivity index (χ2v) is 2.31. The Balaban J connectivity index is 3.15. The molecule has 0 atom stereocenters.